The SMILES string of the molecule is Cn1cnnc1Sc1cccc(-c2noc(C(F)(F)F)n2)c1. The highest BCUT2D eigenvalue weighted by molar-refractivity contribution is 7.99. The van der Waals surface area contributed by atoms with Gasteiger partial charge in [-0.15, -0.1) is 10.2 Å². The lowest BCUT2D eigenvalue weighted by molar-refractivity contribution is -0.159. The van der Waals surface area contributed by atoms with Gasteiger partial charge in [0, 0.05) is 17.5 Å². The molecule has 0 bridgehead atoms. The van der Waals surface area contributed by atoms with Crippen LogP contribution < -0.4 is 0 Å². The lowest BCUT2D eigenvalue weighted by Crippen LogP contribution is -2.04. The number of rotatable bonds is 3. The molecule has 114 valence electrons. The molecule has 6 nitrogen and oxygen atoms in total. The van der Waals surface area contributed by atoms with Crippen LogP contribution >= 0.6 is 11.8 Å². The second-order valence-corrected chi connectivity index (χ2v) is 5.32. The van der Waals surface area contributed by atoms with Gasteiger partial charge in [0.2, 0.25) is 5.82 Å². The van der Waals surface area contributed by atoms with Crippen molar-refractivity contribution < 1.29 is 17.7 Å². The predicted octanol–water partition coefficient (Wildman–Crippen LogP) is 3.04. The molecule has 3 rings (SSSR count). The normalized spacial score (nSPS) is 11.8. The topological polar surface area (TPSA) is 69.6 Å². The number of aromatic nitrogens is 5. The van der Waals surface area contributed by atoms with E-state index >= 15 is 0 Å². The molecule has 0 N–H and O–H groups in total. The van der Waals surface area contributed by atoms with Gasteiger partial charge in [0.05, 0.1) is 0 Å². The van der Waals surface area contributed by atoms with E-state index < -0.39 is 12.1 Å². The van der Waals surface area contributed by atoms with E-state index in [1.165, 1.54) is 11.8 Å². The first-order valence-corrected chi connectivity index (χ1v) is 6.78. The Labute approximate surface area is 126 Å². The van der Waals surface area contributed by atoms with Crippen molar-refractivity contribution in [1.29, 1.82) is 0 Å². The van der Waals surface area contributed by atoms with Crippen molar-refractivity contribution in [3.05, 3.63) is 36.5 Å². The van der Waals surface area contributed by atoms with Crippen molar-refractivity contribution in [1.82, 2.24) is 24.9 Å². The minimum Gasteiger partial charge on any atom is -0.329 e. The van der Waals surface area contributed by atoms with Gasteiger partial charge in [-0.2, -0.15) is 18.2 Å². The van der Waals surface area contributed by atoms with E-state index in [1.807, 2.05) is 0 Å². The maximum absolute atomic E-state index is 12.5. The molecule has 0 saturated carbocycles. The van der Waals surface area contributed by atoms with Gasteiger partial charge < -0.3 is 9.09 Å². The summed E-state index contributed by atoms with van der Waals surface area (Å²) in [4.78, 5) is 4.13. The van der Waals surface area contributed by atoms with Crippen LogP contribution in [0.2, 0.25) is 0 Å². The average Bonchev–Trinajstić information content (AvgIpc) is 3.09. The molecule has 0 atom stereocenters. The summed E-state index contributed by atoms with van der Waals surface area (Å²) >= 11 is 1.32. The molecular formula is C12H8F3N5OS. The third kappa shape index (κ3) is 2.96. The smallest absolute Gasteiger partial charge is 0.329 e. The first-order valence-electron chi connectivity index (χ1n) is 5.96. The number of halogens is 3. The summed E-state index contributed by atoms with van der Waals surface area (Å²) in [6, 6.07) is 6.75. The maximum Gasteiger partial charge on any atom is 0.471 e. The number of hydrogen-bond donors (Lipinski definition) is 0. The van der Waals surface area contributed by atoms with E-state index in [0.29, 0.717) is 10.7 Å². The van der Waals surface area contributed by atoms with Gasteiger partial charge in [-0.3, -0.25) is 0 Å². The highest BCUT2D eigenvalue weighted by Gasteiger charge is 2.38. The van der Waals surface area contributed by atoms with Crippen molar-refractivity contribution >= 4 is 11.8 Å². The molecule has 3 aromatic rings. The van der Waals surface area contributed by atoms with E-state index in [0.717, 1.165) is 4.90 Å². The van der Waals surface area contributed by atoms with Crippen molar-refractivity contribution in [2.24, 2.45) is 7.05 Å². The third-order valence-electron chi connectivity index (χ3n) is 2.64. The lowest BCUT2D eigenvalue weighted by Gasteiger charge is -2.02. The fraction of sp³-hybridized carbons (Fsp3) is 0.167. The summed E-state index contributed by atoms with van der Waals surface area (Å²) in [5.74, 6) is -1.48. The summed E-state index contributed by atoms with van der Waals surface area (Å²) in [5, 5.41) is 11.7. The second-order valence-electron chi connectivity index (χ2n) is 4.28. The van der Waals surface area contributed by atoms with E-state index in [-0.39, 0.29) is 5.82 Å². The van der Waals surface area contributed by atoms with Gasteiger partial charge >= 0.3 is 12.1 Å². The Hall–Kier alpha value is -2.36. The fourth-order valence-electron chi connectivity index (χ4n) is 1.62. The quantitative estimate of drug-likeness (QED) is 0.736. The monoisotopic (exact) mass is 327 g/mol. The largest absolute Gasteiger partial charge is 0.471 e. The number of aryl methyl sites for hydroxylation is 1. The molecule has 0 radical (unpaired) electrons. The molecule has 0 spiro atoms. The first-order chi connectivity index (χ1) is 10.4. The fourth-order valence-corrected chi connectivity index (χ4v) is 2.45. The molecule has 0 unspecified atom stereocenters. The number of benzene rings is 1. The van der Waals surface area contributed by atoms with Gasteiger partial charge in [-0.25, -0.2) is 0 Å². The molecule has 0 aliphatic rings. The van der Waals surface area contributed by atoms with Crippen LogP contribution in [0.15, 0.2) is 45.2 Å². The van der Waals surface area contributed by atoms with Crippen LogP contribution in [0, 0.1) is 0 Å². The van der Waals surface area contributed by atoms with E-state index in [1.54, 1.807) is 42.2 Å². The zero-order chi connectivity index (χ0) is 15.7. The van der Waals surface area contributed by atoms with Crippen molar-refractivity contribution in [2.45, 2.75) is 16.2 Å². The maximum atomic E-state index is 12.5. The zero-order valence-electron chi connectivity index (χ0n) is 11.1. The minimum absolute atomic E-state index is 0.118. The third-order valence-corrected chi connectivity index (χ3v) is 3.68. The Morgan fingerprint density at radius 1 is 1.27 bits per heavy atom. The average molecular weight is 327 g/mol. The molecule has 1 aromatic carbocycles. The number of alkyl halides is 3. The van der Waals surface area contributed by atoms with Crippen LogP contribution in [0.1, 0.15) is 5.89 Å². The first kappa shape index (κ1) is 14.6. The lowest BCUT2D eigenvalue weighted by atomic mass is 10.2. The summed E-state index contributed by atoms with van der Waals surface area (Å²) in [5.41, 5.74) is 0.423. The van der Waals surface area contributed by atoms with Crippen LogP contribution in [0.5, 0.6) is 0 Å². The Morgan fingerprint density at radius 3 is 2.73 bits per heavy atom. The molecule has 10 heteroatoms. The van der Waals surface area contributed by atoms with Gasteiger partial charge in [-0.05, 0) is 23.9 Å². The highest BCUT2D eigenvalue weighted by atomic mass is 32.2. The number of hydrogen-bond acceptors (Lipinski definition) is 6. The molecule has 0 saturated heterocycles. The van der Waals surface area contributed by atoms with Crippen LogP contribution in [0.3, 0.4) is 0 Å². The van der Waals surface area contributed by atoms with Crippen molar-refractivity contribution in [3.63, 3.8) is 0 Å². The molecule has 22 heavy (non-hydrogen) atoms. The summed E-state index contributed by atoms with van der Waals surface area (Å²) in [6.07, 6.45) is -3.10. The van der Waals surface area contributed by atoms with Crippen molar-refractivity contribution in [3.8, 4) is 11.4 Å². The molecule has 2 heterocycles. The van der Waals surface area contributed by atoms with Gasteiger partial charge in [-0.1, -0.05) is 17.3 Å². The van der Waals surface area contributed by atoms with Gasteiger partial charge in [0.25, 0.3) is 0 Å². The molecule has 0 aliphatic heterocycles. The zero-order valence-corrected chi connectivity index (χ0v) is 11.9. The molecular weight excluding hydrogens is 319 g/mol. The molecule has 0 amide bonds. The van der Waals surface area contributed by atoms with E-state index in [4.69, 9.17) is 0 Å². The van der Waals surface area contributed by atoms with Gasteiger partial charge in [0.1, 0.15) is 6.33 Å². The van der Waals surface area contributed by atoms with Crippen LogP contribution in [-0.2, 0) is 13.2 Å². The standard InChI is InChI=1S/C12H8F3N5OS/c1-20-6-16-18-11(20)22-8-4-2-3-7(5-8)9-17-10(21-19-9)12(13,14)15/h2-6H,1H3. The Morgan fingerprint density at radius 2 is 2.09 bits per heavy atom. The minimum atomic E-state index is -4.66. The van der Waals surface area contributed by atoms with Crippen molar-refractivity contribution in [2.75, 3.05) is 0 Å². The van der Waals surface area contributed by atoms with E-state index in [9.17, 15) is 13.2 Å². The van der Waals surface area contributed by atoms with Crippen LogP contribution in [0.4, 0.5) is 13.2 Å². The second kappa shape index (κ2) is 5.44. The Balaban J connectivity index is 1.88. The van der Waals surface area contributed by atoms with Crippen LogP contribution in [-0.4, -0.2) is 24.9 Å². The summed E-state index contributed by atoms with van der Waals surface area (Å²) < 4.78 is 43.4. The predicted molar refractivity (Wildman–Crippen MR) is 69.9 cm³/mol. The summed E-state index contributed by atoms with van der Waals surface area (Å²) in [7, 11) is 1.79. The summed E-state index contributed by atoms with van der Waals surface area (Å²) in [6.45, 7) is 0. The van der Waals surface area contributed by atoms with Gasteiger partial charge in [0.15, 0.2) is 5.16 Å². The van der Waals surface area contributed by atoms with Crippen LogP contribution in [0.25, 0.3) is 11.4 Å². The Bertz CT molecular complexity index is 798. The highest BCUT2D eigenvalue weighted by Crippen LogP contribution is 2.31. The molecule has 0 fully saturated rings. The Kier molecular flexibility index (Phi) is 3.61. The molecule has 2 aromatic heterocycles. The van der Waals surface area contributed by atoms with E-state index in [2.05, 4.69) is 24.9 Å². The molecule has 0 aliphatic carbocycles. The number of nitrogens with zero attached hydrogens (tertiary/aromatic N) is 5.